The highest BCUT2D eigenvalue weighted by atomic mass is 127. The molecule has 1 N–H and O–H groups in total. The summed E-state index contributed by atoms with van der Waals surface area (Å²) in [4.78, 5) is 2.68. The first-order valence-corrected chi connectivity index (χ1v) is 2.86. The zero-order chi connectivity index (χ0) is 5.28. The van der Waals surface area contributed by atoms with Gasteiger partial charge in [-0.3, -0.25) is 0 Å². The van der Waals surface area contributed by atoms with E-state index >= 15 is 0 Å². The molecule has 0 fully saturated rings. The van der Waals surface area contributed by atoms with E-state index in [1.165, 1.54) is 12.3 Å². The largest absolute Gasteiger partial charge is 0.354 e. The topological polar surface area (TPSA) is 15.8 Å². The Morgan fingerprint density at radius 1 is 1.71 bits per heavy atom. The second kappa shape index (κ2) is 1.81. The minimum Gasteiger partial charge on any atom is -0.354 e. The lowest BCUT2D eigenvalue weighted by Gasteiger charge is -1.67. The zero-order valence-electron chi connectivity index (χ0n) is 3.41. The standard InChI is InChI=1S/C4H3FIN/c5-3-1-4(6)7-2-3/h1-2,7H. The average molecular weight is 211 g/mol. The Bertz CT molecular complexity index is 144. The Morgan fingerprint density at radius 2 is 2.43 bits per heavy atom. The summed E-state index contributed by atoms with van der Waals surface area (Å²) >= 11 is 2.01. The maximum Gasteiger partial charge on any atom is 0.141 e. The van der Waals surface area contributed by atoms with Gasteiger partial charge in [0, 0.05) is 12.3 Å². The number of H-pyrrole nitrogens is 1. The van der Waals surface area contributed by atoms with Crippen LogP contribution in [0.2, 0.25) is 0 Å². The Morgan fingerprint density at radius 3 is 2.57 bits per heavy atom. The van der Waals surface area contributed by atoms with Gasteiger partial charge < -0.3 is 4.98 Å². The van der Waals surface area contributed by atoms with Gasteiger partial charge in [-0.1, -0.05) is 0 Å². The summed E-state index contributed by atoms with van der Waals surface area (Å²) in [6, 6.07) is 1.43. The van der Waals surface area contributed by atoms with Crippen LogP contribution in [0.25, 0.3) is 0 Å². The lowest BCUT2D eigenvalue weighted by atomic mass is 10.6. The Labute approximate surface area is 54.1 Å². The van der Waals surface area contributed by atoms with E-state index in [9.17, 15) is 4.39 Å². The van der Waals surface area contributed by atoms with Crippen LogP contribution in [0.4, 0.5) is 4.39 Å². The van der Waals surface area contributed by atoms with Crippen LogP contribution in [-0.2, 0) is 0 Å². The van der Waals surface area contributed by atoms with Crippen molar-refractivity contribution >= 4 is 22.6 Å². The van der Waals surface area contributed by atoms with Crippen molar-refractivity contribution in [1.82, 2.24) is 4.98 Å². The molecular weight excluding hydrogens is 208 g/mol. The summed E-state index contributed by atoms with van der Waals surface area (Å²) in [6.45, 7) is 0. The van der Waals surface area contributed by atoms with Gasteiger partial charge >= 0.3 is 0 Å². The fourth-order valence-corrected chi connectivity index (χ4v) is 0.795. The number of aromatic nitrogens is 1. The predicted octanol–water partition coefficient (Wildman–Crippen LogP) is 1.76. The van der Waals surface area contributed by atoms with Crippen molar-refractivity contribution in [2.45, 2.75) is 0 Å². The number of halogens is 2. The van der Waals surface area contributed by atoms with Gasteiger partial charge in [0.25, 0.3) is 0 Å². The molecular formula is C4H3FIN. The third-order valence-electron chi connectivity index (χ3n) is 0.613. The van der Waals surface area contributed by atoms with Crippen LogP contribution in [0.15, 0.2) is 12.3 Å². The van der Waals surface area contributed by atoms with Crippen LogP contribution in [-0.4, -0.2) is 4.98 Å². The molecule has 0 saturated carbocycles. The molecule has 7 heavy (non-hydrogen) atoms. The first kappa shape index (κ1) is 5.08. The molecule has 3 heteroatoms. The van der Waals surface area contributed by atoms with Crippen molar-refractivity contribution in [2.75, 3.05) is 0 Å². The van der Waals surface area contributed by atoms with Gasteiger partial charge in [-0.15, -0.1) is 0 Å². The summed E-state index contributed by atoms with van der Waals surface area (Å²) in [7, 11) is 0. The molecule has 0 atom stereocenters. The molecule has 1 nitrogen and oxygen atoms in total. The van der Waals surface area contributed by atoms with Crippen LogP contribution in [0, 0.1) is 9.52 Å². The van der Waals surface area contributed by atoms with E-state index in [2.05, 4.69) is 4.98 Å². The zero-order valence-corrected chi connectivity index (χ0v) is 5.57. The molecule has 0 spiro atoms. The molecule has 1 aromatic heterocycles. The lowest BCUT2D eigenvalue weighted by Crippen LogP contribution is -1.57. The van der Waals surface area contributed by atoms with E-state index in [0.717, 1.165) is 3.70 Å². The van der Waals surface area contributed by atoms with Crippen molar-refractivity contribution in [3.05, 3.63) is 21.8 Å². The van der Waals surface area contributed by atoms with Crippen molar-refractivity contribution in [3.63, 3.8) is 0 Å². The van der Waals surface area contributed by atoms with Gasteiger partial charge in [0.15, 0.2) is 0 Å². The third-order valence-corrected chi connectivity index (χ3v) is 1.24. The molecule has 1 aromatic rings. The maximum absolute atomic E-state index is 11.9. The summed E-state index contributed by atoms with van der Waals surface area (Å²) in [6.07, 6.45) is 1.32. The monoisotopic (exact) mass is 211 g/mol. The Balaban J connectivity index is 3.04. The molecule has 0 radical (unpaired) electrons. The van der Waals surface area contributed by atoms with E-state index in [1.54, 1.807) is 0 Å². The van der Waals surface area contributed by atoms with Crippen LogP contribution >= 0.6 is 22.6 Å². The summed E-state index contributed by atoms with van der Waals surface area (Å²) in [5.74, 6) is -0.204. The first-order chi connectivity index (χ1) is 3.29. The molecule has 0 bridgehead atoms. The van der Waals surface area contributed by atoms with E-state index < -0.39 is 0 Å². The van der Waals surface area contributed by atoms with E-state index in [1.807, 2.05) is 22.6 Å². The molecule has 38 valence electrons. The fourth-order valence-electron chi connectivity index (χ4n) is 0.342. The molecule has 0 aromatic carbocycles. The minimum absolute atomic E-state index is 0.204. The quantitative estimate of drug-likeness (QED) is 0.629. The fraction of sp³-hybridized carbons (Fsp3) is 0. The van der Waals surface area contributed by atoms with Crippen LogP contribution in [0.3, 0.4) is 0 Å². The maximum atomic E-state index is 11.9. The Kier molecular flexibility index (Phi) is 1.32. The van der Waals surface area contributed by atoms with Gasteiger partial charge in [0.2, 0.25) is 0 Å². The molecule has 1 rings (SSSR count). The number of hydrogen-bond acceptors (Lipinski definition) is 0. The SMILES string of the molecule is Fc1c[nH]c(I)c1. The minimum atomic E-state index is -0.204. The van der Waals surface area contributed by atoms with Crippen molar-refractivity contribution in [2.24, 2.45) is 0 Å². The number of aromatic amines is 1. The van der Waals surface area contributed by atoms with Gasteiger partial charge in [-0.2, -0.15) is 0 Å². The second-order valence-corrected chi connectivity index (χ2v) is 2.33. The summed E-state index contributed by atoms with van der Waals surface area (Å²) in [5.41, 5.74) is 0. The number of nitrogens with one attached hydrogen (secondary N) is 1. The van der Waals surface area contributed by atoms with Crippen LogP contribution < -0.4 is 0 Å². The average Bonchev–Trinajstić information content (AvgIpc) is 1.87. The van der Waals surface area contributed by atoms with Crippen molar-refractivity contribution in [3.8, 4) is 0 Å². The van der Waals surface area contributed by atoms with Gasteiger partial charge in [-0.05, 0) is 22.6 Å². The first-order valence-electron chi connectivity index (χ1n) is 1.78. The molecule has 0 saturated heterocycles. The lowest BCUT2D eigenvalue weighted by molar-refractivity contribution is 0.629. The van der Waals surface area contributed by atoms with Gasteiger partial charge in [0.05, 0.1) is 3.70 Å². The molecule has 0 aliphatic heterocycles. The van der Waals surface area contributed by atoms with Crippen LogP contribution in [0.1, 0.15) is 0 Å². The summed E-state index contributed by atoms with van der Waals surface area (Å²) in [5, 5.41) is 0. The predicted molar refractivity (Wildman–Crippen MR) is 33.5 cm³/mol. The van der Waals surface area contributed by atoms with Crippen LogP contribution in [0.5, 0.6) is 0 Å². The highest BCUT2D eigenvalue weighted by molar-refractivity contribution is 14.1. The number of hydrogen-bond donors (Lipinski definition) is 1. The summed E-state index contributed by atoms with van der Waals surface area (Å²) < 4.78 is 12.7. The Hall–Kier alpha value is -0.0600. The highest BCUT2D eigenvalue weighted by Gasteiger charge is 1.88. The van der Waals surface area contributed by atoms with E-state index in [0.29, 0.717) is 0 Å². The van der Waals surface area contributed by atoms with Gasteiger partial charge in [0.1, 0.15) is 5.82 Å². The molecule has 0 unspecified atom stereocenters. The van der Waals surface area contributed by atoms with Crippen molar-refractivity contribution in [1.29, 1.82) is 0 Å². The van der Waals surface area contributed by atoms with E-state index in [4.69, 9.17) is 0 Å². The normalized spacial score (nSPS) is 9.43. The third kappa shape index (κ3) is 1.15. The van der Waals surface area contributed by atoms with Crippen molar-refractivity contribution < 1.29 is 4.39 Å². The molecule has 0 amide bonds. The highest BCUT2D eigenvalue weighted by Crippen LogP contribution is 2.02. The van der Waals surface area contributed by atoms with E-state index in [-0.39, 0.29) is 5.82 Å². The second-order valence-electron chi connectivity index (χ2n) is 1.17. The van der Waals surface area contributed by atoms with Gasteiger partial charge in [-0.25, -0.2) is 4.39 Å². The number of rotatable bonds is 0. The molecule has 1 heterocycles. The smallest absolute Gasteiger partial charge is 0.141 e. The molecule has 0 aliphatic rings. The molecule has 0 aliphatic carbocycles.